The Hall–Kier alpha value is -3.39. The van der Waals surface area contributed by atoms with Gasteiger partial charge in [-0.25, -0.2) is 9.97 Å². The predicted molar refractivity (Wildman–Crippen MR) is 99.0 cm³/mol. The normalized spacial score (nSPS) is 11.2. The molecule has 0 saturated heterocycles. The Kier molecular flexibility index (Phi) is 5.22. The van der Waals surface area contributed by atoms with Gasteiger partial charge in [-0.1, -0.05) is 42.2 Å². The van der Waals surface area contributed by atoms with Crippen molar-refractivity contribution in [1.82, 2.24) is 15.3 Å². The maximum atomic E-state index is 12.2. The van der Waals surface area contributed by atoms with E-state index in [1.807, 2.05) is 54.6 Å². The minimum Gasteiger partial charge on any atom is -0.357 e. The van der Waals surface area contributed by atoms with E-state index in [1.165, 1.54) is 6.33 Å². The van der Waals surface area contributed by atoms with Crippen molar-refractivity contribution in [1.29, 1.82) is 0 Å². The second kappa shape index (κ2) is 7.93. The van der Waals surface area contributed by atoms with Gasteiger partial charge in [0.2, 0.25) is 5.91 Å². The fourth-order valence-corrected chi connectivity index (χ4v) is 2.45. The monoisotopic (exact) mass is 330 g/mol. The van der Waals surface area contributed by atoms with Gasteiger partial charge in [0, 0.05) is 24.4 Å². The van der Waals surface area contributed by atoms with Crippen LogP contribution in [-0.2, 0) is 4.79 Å². The third-order valence-electron chi connectivity index (χ3n) is 3.73. The first-order chi connectivity index (χ1) is 12.3. The summed E-state index contributed by atoms with van der Waals surface area (Å²) in [6, 6.07) is 16.9. The van der Waals surface area contributed by atoms with Gasteiger partial charge in [-0.05, 0) is 24.3 Å². The molecule has 0 radical (unpaired) electrons. The molecule has 1 heterocycles. The molecule has 1 amide bonds. The summed E-state index contributed by atoms with van der Waals surface area (Å²) in [7, 11) is 1.61. The number of amides is 1. The van der Waals surface area contributed by atoms with Crippen LogP contribution in [0.25, 0.3) is 10.9 Å². The molecule has 0 fully saturated rings. The van der Waals surface area contributed by atoms with Crippen LogP contribution in [0.3, 0.4) is 0 Å². The molecule has 3 rings (SSSR count). The van der Waals surface area contributed by atoms with Crippen LogP contribution in [0.1, 0.15) is 12.0 Å². The van der Waals surface area contributed by atoms with E-state index in [4.69, 9.17) is 0 Å². The number of anilines is 1. The van der Waals surface area contributed by atoms with Crippen LogP contribution in [0.4, 0.5) is 5.82 Å². The Morgan fingerprint density at radius 1 is 1.08 bits per heavy atom. The molecule has 3 aromatic rings. The fourth-order valence-electron chi connectivity index (χ4n) is 2.45. The van der Waals surface area contributed by atoms with E-state index in [9.17, 15) is 4.79 Å². The van der Waals surface area contributed by atoms with Crippen molar-refractivity contribution >= 4 is 22.6 Å². The number of benzene rings is 2. The van der Waals surface area contributed by atoms with E-state index < -0.39 is 6.04 Å². The molecule has 25 heavy (non-hydrogen) atoms. The summed E-state index contributed by atoms with van der Waals surface area (Å²) in [6.45, 7) is 0. The highest BCUT2D eigenvalue weighted by Crippen LogP contribution is 2.19. The molecule has 5 heteroatoms. The third kappa shape index (κ3) is 4.12. The standard InChI is InChI=1S/C20H18N4O/c1-21-20(25)18(13-7-10-15-8-3-2-4-9-15)24-19-16-11-5-6-12-17(16)22-14-23-19/h2-6,8-9,11-12,14,18H,13H2,1H3,(H,21,25)(H,22,23,24). The molecular formula is C20H18N4O. The van der Waals surface area contributed by atoms with Crippen LogP contribution >= 0.6 is 0 Å². The number of nitrogens with zero attached hydrogens (tertiary/aromatic N) is 2. The number of carbonyl (C=O) groups excluding carboxylic acids is 1. The largest absolute Gasteiger partial charge is 0.357 e. The Labute approximate surface area is 146 Å². The van der Waals surface area contributed by atoms with E-state index in [0.29, 0.717) is 12.2 Å². The van der Waals surface area contributed by atoms with Gasteiger partial charge < -0.3 is 10.6 Å². The molecule has 0 spiro atoms. The van der Waals surface area contributed by atoms with Gasteiger partial charge in [0.05, 0.1) is 5.52 Å². The van der Waals surface area contributed by atoms with Crippen molar-refractivity contribution in [2.24, 2.45) is 0 Å². The molecule has 2 aromatic carbocycles. The van der Waals surface area contributed by atoms with Crippen molar-refractivity contribution < 1.29 is 4.79 Å². The van der Waals surface area contributed by atoms with Gasteiger partial charge in [0.25, 0.3) is 0 Å². The first-order valence-corrected chi connectivity index (χ1v) is 7.99. The lowest BCUT2D eigenvalue weighted by atomic mass is 10.1. The molecule has 124 valence electrons. The van der Waals surface area contributed by atoms with Gasteiger partial charge in [-0.2, -0.15) is 0 Å². The molecule has 0 saturated carbocycles. The number of fused-ring (bicyclic) bond motifs is 1. The van der Waals surface area contributed by atoms with E-state index in [2.05, 4.69) is 32.4 Å². The Morgan fingerprint density at radius 2 is 1.84 bits per heavy atom. The minimum absolute atomic E-state index is 0.134. The fraction of sp³-hybridized carbons (Fsp3) is 0.150. The number of carbonyl (C=O) groups is 1. The lowest BCUT2D eigenvalue weighted by molar-refractivity contribution is -0.121. The zero-order valence-electron chi connectivity index (χ0n) is 13.9. The van der Waals surface area contributed by atoms with Gasteiger partial charge in [0.15, 0.2) is 0 Å². The van der Waals surface area contributed by atoms with Gasteiger partial charge >= 0.3 is 0 Å². The van der Waals surface area contributed by atoms with E-state index >= 15 is 0 Å². The highest BCUT2D eigenvalue weighted by molar-refractivity contribution is 5.92. The summed E-state index contributed by atoms with van der Waals surface area (Å²) in [6.07, 6.45) is 1.86. The topological polar surface area (TPSA) is 66.9 Å². The summed E-state index contributed by atoms with van der Waals surface area (Å²) in [5.74, 6) is 6.63. The average Bonchev–Trinajstić information content (AvgIpc) is 2.67. The first kappa shape index (κ1) is 16.5. The van der Waals surface area contributed by atoms with Gasteiger partial charge in [-0.3, -0.25) is 4.79 Å². The van der Waals surface area contributed by atoms with Crippen LogP contribution < -0.4 is 10.6 Å². The minimum atomic E-state index is -0.500. The molecule has 1 atom stereocenters. The highest BCUT2D eigenvalue weighted by Gasteiger charge is 2.17. The molecule has 1 aromatic heterocycles. The van der Waals surface area contributed by atoms with E-state index in [0.717, 1.165) is 16.5 Å². The van der Waals surface area contributed by atoms with Gasteiger partial charge in [-0.15, -0.1) is 0 Å². The van der Waals surface area contributed by atoms with Crippen LogP contribution in [0.15, 0.2) is 60.9 Å². The molecule has 5 nitrogen and oxygen atoms in total. The Balaban J connectivity index is 1.82. The first-order valence-electron chi connectivity index (χ1n) is 7.99. The molecule has 0 aliphatic heterocycles. The number of aromatic nitrogens is 2. The van der Waals surface area contributed by atoms with E-state index in [1.54, 1.807) is 7.05 Å². The summed E-state index contributed by atoms with van der Waals surface area (Å²) >= 11 is 0. The SMILES string of the molecule is CNC(=O)C(CC#Cc1ccccc1)Nc1ncnc2ccccc12. The highest BCUT2D eigenvalue weighted by atomic mass is 16.2. The lowest BCUT2D eigenvalue weighted by Crippen LogP contribution is -2.37. The Bertz CT molecular complexity index is 923. The van der Waals surface area contributed by atoms with Crippen molar-refractivity contribution in [3.63, 3.8) is 0 Å². The second-order valence-corrected chi connectivity index (χ2v) is 5.42. The number of nitrogens with one attached hydrogen (secondary N) is 2. The zero-order valence-corrected chi connectivity index (χ0v) is 13.9. The van der Waals surface area contributed by atoms with E-state index in [-0.39, 0.29) is 5.91 Å². The Morgan fingerprint density at radius 3 is 2.64 bits per heavy atom. The van der Waals surface area contributed by atoms with Crippen molar-refractivity contribution in [3.05, 3.63) is 66.5 Å². The molecule has 2 N–H and O–H groups in total. The van der Waals surface area contributed by atoms with Crippen molar-refractivity contribution in [3.8, 4) is 11.8 Å². The third-order valence-corrected chi connectivity index (χ3v) is 3.73. The maximum Gasteiger partial charge on any atom is 0.243 e. The molecule has 0 bridgehead atoms. The molecule has 1 unspecified atom stereocenters. The number of likely N-dealkylation sites (N-methyl/N-ethyl adjacent to an activating group) is 1. The maximum absolute atomic E-state index is 12.2. The number of hydrogen-bond acceptors (Lipinski definition) is 4. The second-order valence-electron chi connectivity index (χ2n) is 5.42. The molecular weight excluding hydrogens is 312 g/mol. The smallest absolute Gasteiger partial charge is 0.243 e. The summed E-state index contributed by atoms with van der Waals surface area (Å²) < 4.78 is 0. The zero-order chi connectivity index (χ0) is 17.5. The lowest BCUT2D eigenvalue weighted by Gasteiger charge is -2.16. The molecule has 0 aliphatic rings. The summed E-state index contributed by atoms with van der Waals surface area (Å²) in [5, 5.41) is 6.73. The number of hydrogen-bond donors (Lipinski definition) is 2. The van der Waals surface area contributed by atoms with Crippen LogP contribution in [0, 0.1) is 11.8 Å². The summed E-state index contributed by atoms with van der Waals surface area (Å²) in [5.41, 5.74) is 1.75. The van der Waals surface area contributed by atoms with Crippen molar-refractivity contribution in [2.75, 3.05) is 12.4 Å². The number of para-hydroxylation sites is 1. The molecule has 0 aliphatic carbocycles. The van der Waals surface area contributed by atoms with Gasteiger partial charge in [0.1, 0.15) is 18.2 Å². The van der Waals surface area contributed by atoms with Crippen molar-refractivity contribution in [2.45, 2.75) is 12.5 Å². The van der Waals surface area contributed by atoms with Crippen LogP contribution in [0.5, 0.6) is 0 Å². The summed E-state index contributed by atoms with van der Waals surface area (Å²) in [4.78, 5) is 20.7. The quantitative estimate of drug-likeness (QED) is 0.722. The van der Waals surface area contributed by atoms with Crippen LogP contribution in [-0.4, -0.2) is 29.0 Å². The van der Waals surface area contributed by atoms with Crippen LogP contribution in [0.2, 0.25) is 0 Å². The number of rotatable bonds is 4. The predicted octanol–water partition coefficient (Wildman–Crippen LogP) is 2.60. The average molecular weight is 330 g/mol.